The summed E-state index contributed by atoms with van der Waals surface area (Å²) in [7, 11) is 0. The largest absolute Gasteiger partial charge is 0.493 e. The molecule has 0 bridgehead atoms. The highest BCUT2D eigenvalue weighted by Gasteiger charge is 2.31. The van der Waals surface area contributed by atoms with Crippen LogP contribution in [0, 0.1) is 0 Å². The molecule has 0 aliphatic carbocycles. The van der Waals surface area contributed by atoms with E-state index in [1.54, 1.807) is 12.1 Å². The Morgan fingerprint density at radius 3 is 2.95 bits per heavy atom. The van der Waals surface area contributed by atoms with Crippen LogP contribution < -0.4 is 10.5 Å². The molecule has 0 spiro atoms. The minimum atomic E-state index is -0.0220. The summed E-state index contributed by atoms with van der Waals surface area (Å²) in [4.78, 5) is 14.7. The van der Waals surface area contributed by atoms with Gasteiger partial charge >= 0.3 is 0 Å². The van der Waals surface area contributed by atoms with Gasteiger partial charge in [0.25, 0.3) is 5.91 Å². The molecule has 1 aliphatic heterocycles. The standard InChI is InChI=1S/C15H22N2O2S/c1-4-19-13-7-5-6-12(16)14(13)15(18)17-8-9-20-11(3)10(17)2/h5-7,10-11H,4,8-9,16H2,1-3H3. The molecular weight excluding hydrogens is 272 g/mol. The van der Waals surface area contributed by atoms with Crippen molar-refractivity contribution in [1.29, 1.82) is 0 Å². The van der Waals surface area contributed by atoms with Gasteiger partial charge in [0, 0.05) is 29.3 Å². The molecule has 1 aromatic rings. The first-order chi connectivity index (χ1) is 9.56. The van der Waals surface area contributed by atoms with Crippen LogP contribution in [0.1, 0.15) is 31.1 Å². The number of benzene rings is 1. The van der Waals surface area contributed by atoms with Gasteiger partial charge in [-0.25, -0.2) is 0 Å². The van der Waals surface area contributed by atoms with Gasteiger partial charge in [-0.2, -0.15) is 11.8 Å². The lowest BCUT2D eigenvalue weighted by Crippen LogP contribution is -2.48. The van der Waals surface area contributed by atoms with Crippen molar-refractivity contribution in [2.24, 2.45) is 0 Å². The van der Waals surface area contributed by atoms with Crippen molar-refractivity contribution >= 4 is 23.4 Å². The zero-order chi connectivity index (χ0) is 14.7. The highest BCUT2D eigenvalue weighted by molar-refractivity contribution is 8.00. The summed E-state index contributed by atoms with van der Waals surface area (Å²) in [5.41, 5.74) is 6.99. The first kappa shape index (κ1) is 15.0. The second kappa shape index (κ2) is 6.39. The average Bonchev–Trinajstić information content (AvgIpc) is 2.42. The van der Waals surface area contributed by atoms with Gasteiger partial charge in [-0.1, -0.05) is 13.0 Å². The first-order valence-corrected chi connectivity index (χ1v) is 8.05. The van der Waals surface area contributed by atoms with Crippen molar-refractivity contribution in [3.05, 3.63) is 23.8 Å². The smallest absolute Gasteiger partial charge is 0.260 e. The quantitative estimate of drug-likeness (QED) is 0.871. The summed E-state index contributed by atoms with van der Waals surface area (Å²) in [5, 5.41) is 0.438. The minimum Gasteiger partial charge on any atom is -0.493 e. The van der Waals surface area contributed by atoms with Crippen LogP contribution in [0.25, 0.3) is 0 Å². The molecule has 1 aliphatic rings. The van der Waals surface area contributed by atoms with Crippen molar-refractivity contribution in [1.82, 2.24) is 4.90 Å². The van der Waals surface area contributed by atoms with E-state index in [0.717, 1.165) is 12.3 Å². The maximum atomic E-state index is 12.8. The number of anilines is 1. The summed E-state index contributed by atoms with van der Waals surface area (Å²) >= 11 is 1.90. The van der Waals surface area contributed by atoms with Gasteiger partial charge in [-0.05, 0) is 26.0 Å². The molecule has 2 rings (SSSR count). The SMILES string of the molecule is CCOc1cccc(N)c1C(=O)N1CCSC(C)C1C. The molecule has 0 aromatic heterocycles. The Morgan fingerprint density at radius 1 is 1.50 bits per heavy atom. The molecule has 0 radical (unpaired) electrons. The highest BCUT2D eigenvalue weighted by Crippen LogP contribution is 2.30. The molecule has 110 valence electrons. The summed E-state index contributed by atoms with van der Waals surface area (Å²) in [6, 6.07) is 5.58. The zero-order valence-electron chi connectivity index (χ0n) is 12.3. The number of hydrogen-bond acceptors (Lipinski definition) is 4. The van der Waals surface area contributed by atoms with Crippen molar-refractivity contribution in [2.75, 3.05) is 24.6 Å². The number of nitrogens with zero attached hydrogens (tertiary/aromatic N) is 1. The van der Waals surface area contributed by atoms with Crippen LogP contribution >= 0.6 is 11.8 Å². The second-order valence-electron chi connectivity index (χ2n) is 4.97. The molecule has 2 unspecified atom stereocenters. The van der Waals surface area contributed by atoms with Gasteiger partial charge in [0.1, 0.15) is 11.3 Å². The monoisotopic (exact) mass is 294 g/mol. The van der Waals surface area contributed by atoms with Gasteiger partial charge in [0.15, 0.2) is 0 Å². The molecule has 0 saturated carbocycles. The zero-order valence-corrected chi connectivity index (χ0v) is 13.1. The van der Waals surface area contributed by atoms with Gasteiger partial charge in [-0.15, -0.1) is 0 Å². The normalized spacial score (nSPS) is 22.6. The predicted molar refractivity (Wildman–Crippen MR) is 84.4 cm³/mol. The third kappa shape index (κ3) is 2.87. The fourth-order valence-electron chi connectivity index (χ4n) is 2.42. The van der Waals surface area contributed by atoms with E-state index in [0.29, 0.717) is 28.9 Å². The van der Waals surface area contributed by atoms with Crippen LogP contribution in [0.2, 0.25) is 0 Å². The number of nitrogen functional groups attached to an aromatic ring is 1. The Morgan fingerprint density at radius 2 is 2.25 bits per heavy atom. The molecule has 1 heterocycles. The second-order valence-corrected chi connectivity index (χ2v) is 6.45. The Labute approximate surface area is 124 Å². The third-order valence-electron chi connectivity index (χ3n) is 3.72. The van der Waals surface area contributed by atoms with E-state index in [1.165, 1.54) is 0 Å². The maximum absolute atomic E-state index is 12.8. The predicted octanol–water partition coefficient (Wildman–Crippen LogP) is 2.63. The van der Waals surface area contributed by atoms with Gasteiger partial charge in [0.05, 0.1) is 6.61 Å². The Bertz CT molecular complexity index is 493. The van der Waals surface area contributed by atoms with Crippen LogP contribution in [0.5, 0.6) is 5.75 Å². The lowest BCUT2D eigenvalue weighted by Gasteiger charge is -2.37. The fraction of sp³-hybridized carbons (Fsp3) is 0.533. The van der Waals surface area contributed by atoms with Crippen molar-refractivity contribution < 1.29 is 9.53 Å². The van der Waals surface area contributed by atoms with Crippen molar-refractivity contribution in [3.63, 3.8) is 0 Å². The van der Waals surface area contributed by atoms with E-state index in [4.69, 9.17) is 10.5 Å². The number of rotatable bonds is 3. The van der Waals surface area contributed by atoms with Crippen LogP contribution in [0.15, 0.2) is 18.2 Å². The number of amides is 1. The summed E-state index contributed by atoms with van der Waals surface area (Å²) in [5.74, 6) is 1.52. The van der Waals surface area contributed by atoms with E-state index in [1.807, 2.05) is 29.7 Å². The molecule has 1 saturated heterocycles. The number of carbonyl (C=O) groups excluding carboxylic acids is 1. The maximum Gasteiger partial charge on any atom is 0.260 e. The van der Waals surface area contributed by atoms with Crippen LogP contribution in [0.4, 0.5) is 5.69 Å². The van der Waals surface area contributed by atoms with Crippen LogP contribution in [-0.4, -0.2) is 41.0 Å². The van der Waals surface area contributed by atoms with Crippen molar-refractivity contribution in [2.45, 2.75) is 32.1 Å². The van der Waals surface area contributed by atoms with Gasteiger partial charge in [-0.3, -0.25) is 4.79 Å². The van der Waals surface area contributed by atoms with Crippen molar-refractivity contribution in [3.8, 4) is 5.75 Å². The Hall–Kier alpha value is -1.36. The van der Waals surface area contributed by atoms with Crippen LogP contribution in [0.3, 0.4) is 0 Å². The highest BCUT2D eigenvalue weighted by atomic mass is 32.2. The fourth-order valence-corrected chi connectivity index (χ4v) is 3.52. The van der Waals surface area contributed by atoms with E-state index < -0.39 is 0 Å². The topological polar surface area (TPSA) is 55.6 Å². The van der Waals surface area contributed by atoms with Crippen LogP contribution in [-0.2, 0) is 0 Å². The molecule has 5 heteroatoms. The van der Waals surface area contributed by atoms with E-state index >= 15 is 0 Å². The third-order valence-corrected chi connectivity index (χ3v) is 5.05. The Balaban J connectivity index is 2.33. The van der Waals surface area contributed by atoms with E-state index in [-0.39, 0.29) is 11.9 Å². The summed E-state index contributed by atoms with van der Waals surface area (Å²) in [6.45, 7) is 7.43. The molecule has 4 nitrogen and oxygen atoms in total. The first-order valence-electron chi connectivity index (χ1n) is 7.00. The van der Waals surface area contributed by atoms with E-state index in [2.05, 4.69) is 13.8 Å². The van der Waals surface area contributed by atoms with Gasteiger partial charge in [0.2, 0.25) is 0 Å². The minimum absolute atomic E-state index is 0.0220. The molecule has 1 aromatic carbocycles. The number of ether oxygens (including phenoxy) is 1. The van der Waals surface area contributed by atoms with Gasteiger partial charge < -0.3 is 15.4 Å². The number of carbonyl (C=O) groups is 1. The lowest BCUT2D eigenvalue weighted by atomic mass is 10.1. The number of hydrogen-bond donors (Lipinski definition) is 1. The van der Waals surface area contributed by atoms with E-state index in [9.17, 15) is 4.79 Å². The Kier molecular flexibility index (Phi) is 4.81. The summed E-state index contributed by atoms with van der Waals surface area (Å²) in [6.07, 6.45) is 0. The summed E-state index contributed by atoms with van der Waals surface area (Å²) < 4.78 is 5.56. The molecule has 1 fully saturated rings. The molecule has 20 heavy (non-hydrogen) atoms. The molecule has 2 N–H and O–H groups in total. The number of thioether (sulfide) groups is 1. The lowest BCUT2D eigenvalue weighted by molar-refractivity contribution is 0.0695. The molecule has 2 atom stereocenters. The number of nitrogens with two attached hydrogens (primary N) is 1. The molecular formula is C15H22N2O2S. The molecule has 1 amide bonds. The average molecular weight is 294 g/mol.